The maximum Gasteiger partial charge on any atom is 0.325 e. The summed E-state index contributed by atoms with van der Waals surface area (Å²) < 4.78 is 11.0. The Morgan fingerprint density at radius 3 is 2.58 bits per heavy atom. The molecule has 0 bridgehead atoms. The minimum atomic E-state index is -3.97. The van der Waals surface area contributed by atoms with Crippen molar-refractivity contribution in [2.24, 2.45) is 11.7 Å². The van der Waals surface area contributed by atoms with E-state index in [0.717, 1.165) is 31.6 Å². The second kappa shape index (κ2) is 10.1. The first-order valence-electron chi connectivity index (χ1n) is 9.60. The van der Waals surface area contributed by atoms with Gasteiger partial charge in [0.1, 0.15) is 0 Å². The van der Waals surface area contributed by atoms with Crippen LogP contribution in [0, 0.1) is 17.8 Å². The molecular weight excluding hydrogens is 365 g/mol. The van der Waals surface area contributed by atoms with Gasteiger partial charge in [-0.2, -0.15) is 0 Å². The van der Waals surface area contributed by atoms with Gasteiger partial charge in [-0.25, -0.2) is 0 Å². The molecule has 2 rings (SSSR count). The highest BCUT2D eigenvalue weighted by Crippen LogP contribution is 2.37. The zero-order valence-corrected chi connectivity index (χ0v) is 17.5. The molecule has 1 aliphatic carbocycles. The van der Waals surface area contributed by atoms with Crippen LogP contribution in [0.3, 0.4) is 0 Å². The van der Waals surface area contributed by atoms with Gasteiger partial charge in [-0.1, -0.05) is 25.2 Å². The Labute approximate surface area is 161 Å². The minimum absolute atomic E-state index is 0.147. The van der Waals surface area contributed by atoms with Crippen molar-refractivity contribution in [2.75, 3.05) is 6.16 Å². The van der Waals surface area contributed by atoms with E-state index in [1.165, 1.54) is 41.9 Å². The van der Waals surface area contributed by atoms with E-state index in [9.17, 15) is 4.57 Å². The third-order valence-corrected chi connectivity index (χ3v) is 7.09. The quantitative estimate of drug-likeness (QED) is 0.446. The van der Waals surface area contributed by atoms with Crippen molar-refractivity contribution in [1.82, 2.24) is 0 Å². The predicted octanol–water partition coefficient (Wildman–Crippen LogP) is 4.48. The van der Waals surface area contributed by atoms with Crippen molar-refractivity contribution in [3.05, 3.63) is 21.9 Å². The van der Waals surface area contributed by atoms with Gasteiger partial charge >= 0.3 is 7.60 Å². The van der Waals surface area contributed by atoms with Gasteiger partial charge in [-0.05, 0) is 57.1 Å². The monoisotopic (exact) mass is 397 g/mol. The molecule has 4 N–H and O–H groups in total. The maximum atomic E-state index is 11.0. The second-order valence-corrected chi connectivity index (χ2v) is 10.9. The Balaban J connectivity index is 1.72. The van der Waals surface area contributed by atoms with Gasteiger partial charge in [0, 0.05) is 28.1 Å². The third kappa shape index (κ3) is 8.84. The van der Waals surface area contributed by atoms with Crippen LogP contribution in [-0.2, 0) is 17.4 Å². The van der Waals surface area contributed by atoms with Gasteiger partial charge in [0.25, 0.3) is 0 Å². The van der Waals surface area contributed by atoms with Crippen molar-refractivity contribution in [1.29, 1.82) is 0 Å². The van der Waals surface area contributed by atoms with Crippen molar-refractivity contribution < 1.29 is 14.4 Å². The Kier molecular flexibility index (Phi) is 8.39. The summed E-state index contributed by atoms with van der Waals surface area (Å²) in [6.45, 7) is 1.87. The fourth-order valence-corrected chi connectivity index (χ4v) is 5.10. The normalized spacial score (nSPS) is 18.2. The summed E-state index contributed by atoms with van der Waals surface area (Å²) in [5, 5.41) is 0. The van der Waals surface area contributed by atoms with Crippen molar-refractivity contribution in [2.45, 2.75) is 76.7 Å². The molecule has 26 heavy (non-hydrogen) atoms. The van der Waals surface area contributed by atoms with Crippen LogP contribution < -0.4 is 5.73 Å². The number of aryl methyl sites for hydroxylation is 1. The molecule has 1 aromatic rings. The standard InChI is InChI=1S/C20H32NO3PS/c1-20(21,15-16-25(22,23)24)14-13-19-12-11-18(26-19)10-6-5-9-17-7-3-2-4-8-17/h11-12,17H,2-4,7-10,13-16,21H2,1H3,(H2,22,23,24). The highest BCUT2D eigenvalue weighted by molar-refractivity contribution is 7.51. The maximum absolute atomic E-state index is 11.0. The zero-order valence-electron chi connectivity index (χ0n) is 15.7. The lowest BCUT2D eigenvalue weighted by atomic mass is 9.87. The fraction of sp³-hybridized carbons (Fsp3) is 0.700. The molecule has 0 spiro atoms. The Morgan fingerprint density at radius 2 is 1.88 bits per heavy atom. The predicted molar refractivity (Wildman–Crippen MR) is 109 cm³/mol. The van der Waals surface area contributed by atoms with Crippen molar-refractivity contribution in [3.63, 3.8) is 0 Å². The van der Waals surface area contributed by atoms with E-state index in [1.54, 1.807) is 11.3 Å². The van der Waals surface area contributed by atoms with Gasteiger partial charge in [0.15, 0.2) is 0 Å². The van der Waals surface area contributed by atoms with E-state index < -0.39 is 13.1 Å². The molecule has 0 amide bonds. The lowest BCUT2D eigenvalue weighted by Gasteiger charge is -2.24. The third-order valence-electron chi connectivity index (χ3n) is 5.14. The average molecular weight is 398 g/mol. The summed E-state index contributed by atoms with van der Waals surface area (Å²) in [5.74, 6) is 7.49. The molecule has 1 aromatic heterocycles. The number of rotatable bonds is 8. The molecule has 146 valence electrons. The minimum Gasteiger partial charge on any atom is -0.325 e. The highest BCUT2D eigenvalue weighted by atomic mass is 32.1. The molecule has 1 fully saturated rings. The Bertz CT molecular complexity index is 662. The van der Waals surface area contributed by atoms with Crippen LogP contribution in [0.4, 0.5) is 0 Å². The van der Waals surface area contributed by atoms with Crippen molar-refractivity contribution >= 4 is 18.9 Å². The van der Waals surface area contributed by atoms with E-state index in [1.807, 2.05) is 6.92 Å². The highest BCUT2D eigenvalue weighted by Gasteiger charge is 2.23. The van der Waals surface area contributed by atoms with Gasteiger partial charge in [-0.3, -0.25) is 4.57 Å². The van der Waals surface area contributed by atoms with Gasteiger partial charge in [-0.15, -0.1) is 17.3 Å². The molecule has 1 atom stereocenters. The molecule has 1 saturated carbocycles. The van der Waals surface area contributed by atoms with Crippen molar-refractivity contribution in [3.8, 4) is 11.8 Å². The molecule has 0 aromatic carbocycles. The van der Waals surface area contributed by atoms with Crippen LogP contribution in [0.15, 0.2) is 12.1 Å². The molecular formula is C20H32NO3PS. The average Bonchev–Trinajstić information content (AvgIpc) is 3.04. The zero-order chi connectivity index (χ0) is 19.0. The second-order valence-electron chi connectivity index (χ2n) is 7.90. The van der Waals surface area contributed by atoms with Crippen LogP contribution in [0.5, 0.6) is 0 Å². The van der Waals surface area contributed by atoms with Gasteiger partial charge in [0.05, 0.1) is 6.16 Å². The molecule has 1 aliphatic rings. The Hall–Kier alpha value is -0.630. The first-order chi connectivity index (χ1) is 12.2. The molecule has 6 heteroatoms. The van der Waals surface area contributed by atoms with Crippen LogP contribution in [0.1, 0.15) is 68.0 Å². The molecule has 1 unspecified atom stereocenters. The Morgan fingerprint density at radius 1 is 1.19 bits per heavy atom. The van der Waals surface area contributed by atoms with Gasteiger partial charge in [0.2, 0.25) is 0 Å². The summed E-state index contributed by atoms with van der Waals surface area (Å²) in [6, 6.07) is 4.26. The smallest absolute Gasteiger partial charge is 0.325 e. The van der Waals surface area contributed by atoms with Crippen LogP contribution in [0.25, 0.3) is 0 Å². The lowest BCUT2D eigenvalue weighted by Crippen LogP contribution is -2.37. The van der Waals surface area contributed by atoms with E-state index in [2.05, 4.69) is 24.0 Å². The number of nitrogens with two attached hydrogens (primary N) is 1. The largest absolute Gasteiger partial charge is 0.325 e. The summed E-state index contributed by atoms with van der Waals surface area (Å²) in [5.41, 5.74) is 5.64. The van der Waals surface area contributed by atoms with E-state index in [0.29, 0.717) is 6.42 Å². The molecule has 0 aliphatic heterocycles. The first-order valence-corrected chi connectivity index (χ1v) is 12.2. The van der Waals surface area contributed by atoms with E-state index >= 15 is 0 Å². The summed E-state index contributed by atoms with van der Waals surface area (Å²) in [7, 11) is -3.97. The summed E-state index contributed by atoms with van der Waals surface area (Å²) in [6.07, 6.45) is 10.4. The number of hydrogen-bond acceptors (Lipinski definition) is 3. The molecule has 4 nitrogen and oxygen atoms in total. The first kappa shape index (κ1) is 21.7. The van der Waals surface area contributed by atoms with Crippen LogP contribution in [-0.4, -0.2) is 21.5 Å². The SMILES string of the molecule is CC(N)(CCc1ccc(CC#CCC2CCCCC2)s1)CCP(=O)(O)O. The fourth-order valence-electron chi connectivity index (χ4n) is 3.34. The summed E-state index contributed by atoms with van der Waals surface area (Å²) >= 11 is 1.77. The van der Waals surface area contributed by atoms with Crippen LogP contribution >= 0.6 is 18.9 Å². The van der Waals surface area contributed by atoms with Crippen LogP contribution in [0.2, 0.25) is 0 Å². The lowest BCUT2D eigenvalue weighted by molar-refractivity contribution is 0.354. The molecule has 0 radical (unpaired) electrons. The number of hydrogen-bond donors (Lipinski definition) is 3. The molecule has 1 heterocycles. The molecule has 0 saturated heterocycles. The topological polar surface area (TPSA) is 83.6 Å². The van der Waals surface area contributed by atoms with E-state index in [-0.39, 0.29) is 6.16 Å². The van der Waals surface area contributed by atoms with E-state index in [4.69, 9.17) is 15.5 Å². The van der Waals surface area contributed by atoms with Gasteiger partial charge < -0.3 is 15.5 Å². The number of thiophene rings is 1. The summed E-state index contributed by atoms with van der Waals surface area (Å²) in [4.78, 5) is 20.5.